The Labute approximate surface area is 78.9 Å². The number of aliphatic hydroxyl groups is 1. The van der Waals surface area contributed by atoms with Gasteiger partial charge in [-0.1, -0.05) is 13.8 Å². The molecule has 0 amide bonds. The molecule has 12 heavy (non-hydrogen) atoms. The summed E-state index contributed by atoms with van der Waals surface area (Å²) in [5.74, 6) is 1.62. The smallest absolute Gasteiger partial charge is 0.0593 e. The molecule has 2 atom stereocenters. The van der Waals surface area contributed by atoms with Gasteiger partial charge in [-0.3, -0.25) is 0 Å². The van der Waals surface area contributed by atoms with Crippen molar-refractivity contribution in [3.8, 4) is 0 Å². The zero-order valence-electron chi connectivity index (χ0n) is 7.92. The van der Waals surface area contributed by atoms with Crippen LogP contribution in [0.15, 0.2) is 0 Å². The predicted octanol–water partition coefficient (Wildman–Crippen LogP) is 1.23. The van der Waals surface area contributed by atoms with Crippen molar-refractivity contribution < 1.29 is 5.11 Å². The van der Waals surface area contributed by atoms with E-state index in [-0.39, 0.29) is 10.9 Å². The molecule has 0 aromatic heterocycles. The lowest BCUT2D eigenvalue weighted by Gasteiger charge is -2.29. The third-order valence-corrected chi connectivity index (χ3v) is 4.21. The molecule has 0 aromatic carbocycles. The fourth-order valence-electron chi connectivity index (χ4n) is 1.93. The highest BCUT2D eigenvalue weighted by atomic mass is 32.2. The minimum absolute atomic E-state index is 0.194. The number of hydrogen-bond acceptors (Lipinski definition) is 3. The minimum atomic E-state index is -0.194. The fraction of sp³-hybridized carbons (Fsp3) is 1.00. The molecule has 0 saturated carbocycles. The Balaban J connectivity index is 2.50. The summed E-state index contributed by atoms with van der Waals surface area (Å²) in [6, 6.07) is 0. The molecule has 2 nitrogen and oxygen atoms in total. The van der Waals surface area contributed by atoms with Crippen LogP contribution in [-0.2, 0) is 0 Å². The standard InChI is InChI=1S/C9H19NOS/c1-9(2)7(4-6-12-9)8(11)3-5-10/h7-8,11H,3-6,10H2,1-2H3/t7?,8-/m0/s1. The van der Waals surface area contributed by atoms with E-state index in [4.69, 9.17) is 5.73 Å². The summed E-state index contributed by atoms with van der Waals surface area (Å²) in [5.41, 5.74) is 5.42. The molecule has 0 aliphatic carbocycles. The summed E-state index contributed by atoms with van der Waals surface area (Å²) >= 11 is 1.96. The average molecular weight is 189 g/mol. The van der Waals surface area contributed by atoms with Crippen LogP contribution >= 0.6 is 11.8 Å². The third-order valence-electron chi connectivity index (χ3n) is 2.72. The fourth-order valence-corrected chi connectivity index (χ4v) is 3.32. The largest absolute Gasteiger partial charge is 0.393 e. The van der Waals surface area contributed by atoms with E-state index in [2.05, 4.69) is 13.8 Å². The Morgan fingerprint density at radius 2 is 2.33 bits per heavy atom. The van der Waals surface area contributed by atoms with E-state index in [1.807, 2.05) is 11.8 Å². The maximum atomic E-state index is 9.79. The van der Waals surface area contributed by atoms with E-state index < -0.39 is 0 Å². The molecule has 0 bridgehead atoms. The molecule has 1 aliphatic heterocycles. The molecule has 1 unspecified atom stereocenters. The molecule has 3 N–H and O–H groups in total. The second kappa shape index (κ2) is 3.99. The van der Waals surface area contributed by atoms with Crippen molar-refractivity contribution in [3.63, 3.8) is 0 Å². The molecule has 0 spiro atoms. The Morgan fingerprint density at radius 3 is 2.75 bits per heavy atom. The highest BCUT2D eigenvalue weighted by molar-refractivity contribution is 8.00. The first-order valence-electron chi connectivity index (χ1n) is 4.60. The van der Waals surface area contributed by atoms with Crippen LogP contribution in [0.5, 0.6) is 0 Å². The van der Waals surface area contributed by atoms with Crippen molar-refractivity contribution >= 4 is 11.8 Å². The lowest BCUT2D eigenvalue weighted by molar-refractivity contribution is 0.0878. The van der Waals surface area contributed by atoms with Crippen molar-refractivity contribution in [2.45, 2.75) is 37.5 Å². The second-order valence-corrected chi connectivity index (χ2v) is 5.74. The Kier molecular flexibility index (Phi) is 3.44. The number of thioether (sulfide) groups is 1. The van der Waals surface area contributed by atoms with Crippen molar-refractivity contribution in [1.82, 2.24) is 0 Å². The summed E-state index contributed by atoms with van der Waals surface area (Å²) in [4.78, 5) is 0. The van der Waals surface area contributed by atoms with E-state index in [0.29, 0.717) is 12.5 Å². The summed E-state index contributed by atoms with van der Waals surface area (Å²) in [6.07, 6.45) is 1.69. The molecule has 1 fully saturated rings. The van der Waals surface area contributed by atoms with Gasteiger partial charge in [0.15, 0.2) is 0 Å². The molecular formula is C9H19NOS. The van der Waals surface area contributed by atoms with E-state index in [1.165, 1.54) is 5.75 Å². The monoisotopic (exact) mass is 189 g/mol. The van der Waals surface area contributed by atoms with Crippen LogP contribution in [0.25, 0.3) is 0 Å². The second-order valence-electron chi connectivity index (χ2n) is 3.99. The zero-order valence-corrected chi connectivity index (χ0v) is 8.73. The molecule has 1 heterocycles. The summed E-state index contributed by atoms with van der Waals surface area (Å²) in [6.45, 7) is 5.03. The van der Waals surface area contributed by atoms with E-state index >= 15 is 0 Å². The zero-order chi connectivity index (χ0) is 9.19. The molecule has 0 radical (unpaired) electrons. The van der Waals surface area contributed by atoms with Crippen LogP contribution in [-0.4, -0.2) is 28.3 Å². The molecule has 72 valence electrons. The van der Waals surface area contributed by atoms with Crippen LogP contribution in [0.1, 0.15) is 26.7 Å². The molecule has 1 saturated heterocycles. The highest BCUT2D eigenvalue weighted by Gasteiger charge is 2.39. The van der Waals surface area contributed by atoms with Crippen LogP contribution in [0.2, 0.25) is 0 Å². The Bertz CT molecular complexity index is 149. The summed E-state index contributed by atoms with van der Waals surface area (Å²) < 4.78 is 0.245. The van der Waals surface area contributed by atoms with Gasteiger partial charge in [0.25, 0.3) is 0 Å². The van der Waals surface area contributed by atoms with E-state index in [9.17, 15) is 5.11 Å². The normalized spacial score (nSPS) is 30.5. The maximum absolute atomic E-state index is 9.79. The van der Waals surface area contributed by atoms with Crippen molar-refractivity contribution in [1.29, 1.82) is 0 Å². The number of aliphatic hydroxyl groups excluding tert-OH is 1. The summed E-state index contributed by atoms with van der Waals surface area (Å²) in [7, 11) is 0. The molecule has 0 aromatic rings. The van der Waals surface area contributed by atoms with Gasteiger partial charge in [0.2, 0.25) is 0 Å². The minimum Gasteiger partial charge on any atom is -0.393 e. The van der Waals surface area contributed by atoms with Gasteiger partial charge in [0.05, 0.1) is 6.10 Å². The molecular weight excluding hydrogens is 170 g/mol. The van der Waals surface area contributed by atoms with Gasteiger partial charge < -0.3 is 10.8 Å². The van der Waals surface area contributed by atoms with Gasteiger partial charge in [-0.2, -0.15) is 11.8 Å². The van der Waals surface area contributed by atoms with E-state index in [1.54, 1.807) is 0 Å². The topological polar surface area (TPSA) is 46.2 Å². The lowest BCUT2D eigenvalue weighted by Crippen LogP contribution is -2.34. The first-order chi connectivity index (χ1) is 5.58. The molecule has 3 heteroatoms. The van der Waals surface area contributed by atoms with Gasteiger partial charge in [0.1, 0.15) is 0 Å². The van der Waals surface area contributed by atoms with Gasteiger partial charge in [-0.05, 0) is 31.1 Å². The predicted molar refractivity (Wildman–Crippen MR) is 54.3 cm³/mol. The lowest BCUT2D eigenvalue weighted by atomic mass is 9.86. The number of rotatable bonds is 3. The number of nitrogens with two attached hydrogens (primary N) is 1. The van der Waals surface area contributed by atoms with Gasteiger partial charge in [0, 0.05) is 4.75 Å². The van der Waals surface area contributed by atoms with Gasteiger partial charge in [-0.15, -0.1) is 0 Å². The van der Waals surface area contributed by atoms with Crippen LogP contribution in [0.3, 0.4) is 0 Å². The van der Waals surface area contributed by atoms with Gasteiger partial charge >= 0.3 is 0 Å². The molecule has 1 aliphatic rings. The molecule has 1 rings (SSSR count). The first kappa shape index (κ1) is 10.4. The van der Waals surface area contributed by atoms with Crippen LogP contribution < -0.4 is 5.73 Å². The Hall–Kier alpha value is 0.270. The maximum Gasteiger partial charge on any atom is 0.0593 e. The first-order valence-corrected chi connectivity index (χ1v) is 5.58. The van der Waals surface area contributed by atoms with Crippen molar-refractivity contribution in [3.05, 3.63) is 0 Å². The number of hydrogen-bond donors (Lipinski definition) is 2. The van der Waals surface area contributed by atoms with Crippen molar-refractivity contribution in [2.24, 2.45) is 11.7 Å². The van der Waals surface area contributed by atoms with Crippen LogP contribution in [0.4, 0.5) is 0 Å². The Morgan fingerprint density at radius 1 is 1.67 bits per heavy atom. The van der Waals surface area contributed by atoms with Crippen molar-refractivity contribution in [2.75, 3.05) is 12.3 Å². The van der Waals surface area contributed by atoms with E-state index in [0.717, 1.165) is 12.8 Å². The highest BCUT2D eigenvalue weighted by Crippen LogP contribution is 2.44. The third kappa shape index (κ3) is 2.15. The summed E-state index contributed by atoms with van der Waals surface area (Å²) in [5, 5.41) is 9.79. The van der Waals surface area contributed by atoms with Gasteiger partial charge in [-0.25, -0.2) is 0 Å². The van der Waals surface area contributed by atoms with Crippen LogP contribution in [0, 0.1) is 5.92 Å². The quantitative estimate of drug-likeness (QED) is 0.702. The SMILES string of the molecule is CC1(C)SCCC1[C@@H](O)CCN. The average Bonchev–Trinajstić information content (AvgIpc) is 2.30.